The lowest BCUT2D eigenvalue weighted by atomic mass is 10.1. The third-order valence-corrected chi connectivity index (χ3v) is 5.67. The molecule has 1 saturated heterocycles. The zero-order valence-corrected chi connectivity index (χ0v) is 17.5. The van der Waals surface area contributed by atoms with Crippen molar-refractivity contribution in [2.24, 2.45) is 4.99 Å². The highest BCUT2D eigenvalue weighted by Gasteiger charge is 2.20. The number of nitrogens with zero attached hydrogens (tertiary/aromatic N) is 4. The van der Waals surface area contributed by atoms with E-state index in [-0.39, 0.29) is 0 Å². The molecule has 0 unspecified atom stereocenters. The molecule has 0 atom stereocenters. The van der Waals surface area contributed by atoms with E-state index in [0.29, 0.717) is 0 Å². The Hall–Kier alpha value is -2.05. The van der Waals surface area contributed by atoms with E-state index in [1.54, 1.807) is 0 Å². The molecule has 1 aromatic heterocycles. The molecule has 2 aromatic rings. The fourth-order valence-electron chi connectivity index (χ4n) is 3.38. The summed E-state index contributed by atoms with van der Waals surface area (Å²) in [6, 6.07) is 13.0. The molecule has 1 fully saturated rings. The van der Waals surface area contributed by atoms with Crippen molar-refractivity contribution >= 4 is 22.3 Å². The molecule has 3 rings (SSSR count). The maximum absolute atomic E-state index is 4.96. The van der Waals surface area contributed by atoms with Gasteiger partial charge in [-0.3, -0.25) is 0 Å². The molecule has 0 saturated carbocycles. The van der Waals surface area contributed by atoms with Gasteiger partial charge < -0.3 is 20.0 Å². The normalized spacial score (nSPS) is 15.5. The second-order valence-electron chi connectivity index (χ2n) is 7.10. The van der Waals surface area contributed by atoms with Crippen LogP contribution in [-0.2, 0) is 13.1 Å². The molecule has 0 aliphatic carbocycles. The van der Waals surface area contributed by atoms with Crippen molar-refractivity contribution in [1.29, 1.82) is 0 Å². The zero-order chi connectivity index (χ0) is 19.1. The Bertz CT molecular complexity index is 718. The van der Waals surface area contributed by atoms with Crippen molar-refractivity contribution in [2.45, 2.75) is 20.0 Å². The van der Waals surface area contributed by atoms with Crippen LogP contribution in [0.25, 0.3) is 0 Å². The predicted octanol–water partition coefficient (Wildman–Crippen LogP) is 3.10. The maximum Gasteiger partial charge on any atom is 0.194 e. The molecule has 0 radical (unpaired) electrons. The summed E-state index contributed by atoms with van der Waals surface area (Å²) in [5.41, 5.74) is 2.66. The van der Waals surface area contributed by atoms with Gasteiger partial charge in [-0.15, -0.1) is 11.3 Å². The van der Waals surface area contributed by atoms with Crippen molar-refractivity contribution in [3.63, 3.8) is 0 Å². The van der Waals surface area contributed by atoms with Crippen LogP contribution < -0.4 is 10.2 Å². The topological polar surface area (TPSA) is 34.1 Å². The average Bonchev–Trinajstić information content (AvgIpc) is 3.21. The molecule has 0 amide bonds. The van der Waals surface area contributed by atoms with Gasteiger partial charge in [0.1, 0.15) is 0 Å². The first-order chi connectivity index (χ1) is 13.2. The minimum absolute atomic E-state index is 0.720. The summed E-state index contributed by atoms with van der Waals surface area (Å²) in [5.74, 6) is 1.03. The van der Waals surface area contributed by atoms with Gasteiger partial charge in [-0.25, -0.2) is 4.99 Å². The molecular formula is C21H31N5S. The van der Waals surface area contributed by atoms with E-state index in [9.17, 15) is 0 Å². The van der Waals surface area contributed by atoms with Gasteiger partial charge in [-0.2, -0.15) is 0 Å². The Morgan fingerprint density at radius 2 is 1.81 bits per heavy atom. The maximum atomic E-state index is 4.96. The monoisotopic (exact) mass is 385 g/mol. The van der Waals surface area contributed by atoms with Crippen LogP contribution in [0.5, 0.6) is 0 Å². The van der Waals surface area contributed by atoms with Gasteiger partial charge in [-0.1, -0.05) is 24.3 Å². The molecule has 146 valence electrons. The highest BCUT2D eigenvalue weighted by Crippen LogP contribution is 2.22. The number of aliphatic imine (C=N–C) groups is 1. The summed E-state index contributed by atoms with van der Waals surface area (Å²) >= 11 is 1.82. The van der Waals surface area contributed by atoms with E-state index in [0.717, 1.165) is 51.8 Å². The summed E-state index contributed by atoms with van der Waals surface area (Å²) in [7, 11) is 4.22. The van der Waals surface area contributed by atoms with E-state index >= 15 is 0 Å². The van der Waals surface area contributed by atoms with Gasteiger partial charge in [0.15, 0.2) is 5.96 Å². The average molecular weight is 386 g/mol. The summed E-state index contributed by atoms with van der Waals surface area (Å²) in [4.78, 5) is 12.0. The Kier molecular flexibility index (Phi) is 7.12. The molecule has 2 heterocycles. The first-order valence-corrected chi connectivity index (χ1v) is 10.6. The highest BCUT2D eigenvalue weighted by atomic mass is 32.1. The van der Waals surface area contributed by atoms with Crippen LogP contribution in [0.2, 0.25) is 0 Å². The van der Waals surface area contributed by atoms with Crippen LogP contribution in [0.3, 0.4) is 0 Å². The van der Waals surface area contributed by atoms with E-state index in [2.05, 4.69) is 82.8 Å². The van der Waals surface area contributed by atoms with E-state index < -0.39 is 0 Å². The number of thiophene rings is 1. The molecular weight excluding hydrogens is 354 g/mol. The number of guanidine groups is 1. The minimum Gasteiger partial charge on any atom is -0.360 e. The van der Waals surface area contributed by atoms with Crippen LogP contribution >= 0.6 is 11.3 Å². The lowest BCUT2D eigenvalue weighted by Gasteiger charge is -2.37. The van der Waals surface area contributed by atoms with E-state index in [1.165, 1.54) is 16.1 Å². The van der Waals surface area contributed by atoms with Crippen LogP contribution in [0.15, 0.2) is 46.8 Å². The quantitative estimate of drug-likeness (QED) is 0.612. The van der Waals surface area contributed by atoms with Gasteiger partial charge in [0.25, 0.3) is 0 Å². The van der Waals surface area contributed by atoms with E-state index in [4.69, 9.17) is 4.99 Å². The Balaban J connectivity index is 1.65. The first-order valence-electron chi connectivity index (χ1n) is 9.70. The summed E-state index contributed by atoms with van der Waals surface area (Å²) in [6.07, 6.45) is 0. The second kappa shape index (κ2) is 9.76. The molecule has 0 spiro atoms. The van der Waals surface area contributed by atoms with Gasteiger partial charge >= 0.3 is 0 Å². The number of nitrogens with one attached hydrogen (secondary N) is 1. The standard InChI is InChI=1S/C21H31N5S/c1-4-22-21(23-16-18-8-5-6-9-19(18)17-24(2)3)26-13-11-25(12-14-26)20-10-7-15-27-20/h5-10,15H,4,11-14,16-17H2,1-3H3,(H,22,23). The first kappa shape index (κ1) is 19.7. The second-order valence-corrected chi connectivity index (χ2v) is 8.03. The van der Waals surface area contributed by atoms with Crippen molar-refractivity contribution in [3.8, 4) is 0 Å². The van der Waals surface area contributed by atoms with Crippen LogP contribution in [0, 0.1) is 0 Å². The number of hydrogen-bond donors (Lipinski definition) is 1. The Labute approximate surface area is 167 Å². The number of benzene rings is 1. The molecule has 1 aliphatic rings. The fraction of sp³-hybridized carbons (Fsp3) is 0.476. The Morgan fingerprint density at radius 1 is 1.07 bits per heavy atom. The summed E-state index contributed by atoms with van der Waals surface area (Å²) in [5, 5.41) is 7.00. The molecule has 0 bridgehead atoms. The number of piperazine rings is 1. The third kappa shape index (κ3) is 5.47. The lowest BCUT2D eigenvalue weighted by molar-refractivity contribution is 0.373. The van der Waals surface area contributed by atoms with Gasteiger partial charge in [-0.05, 0) is 49.7 Å². The molecule has 1 N–H and O–H groups in total. The van der Waals surface area contributed by atoms with Gasteiger partial charge in [0, 0.05) is 39.3 Å². The zero-order valence-electron chi connectivity index (χ0n) is 16.7. The molecule has 6 heteroatoms. The molecule has 5 nitrogen and oxygen atoms in total. The third-order valence-electron chi connectivity index (χ3n) is 4.74. The van der Waals surface area contributed by atoms with Gasteiger partial charge in [0.2, 0.25) is 0 Å². The van der Waals surface area contributed by atoms with Crippen LogP contribution in [0.4, 0.5) is 5.00 Å². The van der Waals surface area contributed by atoms with Gasteiger partial charge in [0.05, 0.1) is 11.5 Å². The van der Waals surface area contributed by atoms with Crippen molar-refractivity contribution < 1.29 is 0 Å². The van der Waals surface area contributed by atoms with E-state index in [1.807, 2.05) is 11.3 Å². The largest absolute Gasteiger partial charge is 0.360 e. The van der Waals surface area contributed by atoms with Crippen molar-refractivity contribution in [2.75, 3.05) is 51.7 Å². The minimum atomic E-state index is 0.720. The fourth-order valence-corrected chi connectivity index (χ4v) is 4.17. The summed E-state index contributed by atoms with van der Waals surface area (Å²) < 4.78 is 0. The SMILES string of the molecule is CCNC(=NCc1ccccc1CN(C)C)N1CCN(c2cccs2)CC1. The number of rotatable bonds is 6. The van der Waals surface area contributed by atoms with Crippen LogP contribution in [0.1, 0.15) is 18.1 Å². The smallest absolute Gasteiger partial charge is 0.194 e. The lowest BCUT2D eigenvalue weighted by Crippen LogP contribution is -2.52. The van der Waals surface area contributed by atoms with Crippen molar-refractivity contribution in [3.05, 3.63) is 52.9 Å². The number of hydrogen-bond acceptors (Lipinski definition) is 4. The van der Waals surface area contributed by atoms with Crippen LogP contribution in [-0.4, -0.2) is 62.6 Å². The highest BCUT2D eigenvalue weighted by molar-refractivity contribution is 7.14. The predicted molar refractivity (Wildman–Crippen MR) is 117 cm³/mol. The molecule has 27 heavy (non-hydrogen) atoms. The molecule has 1 aliphatic heterocycles. The Morgan fingerprint density at radius 3 is 2.44 bits per heavy atom. The summed E-state index contributed by atoms with van der Waals surface area (Å²) in [6.45, 7) is 8.79. The molecule has 1 aromatic carbocycles. The number of anilines is 1. The van der Waals surface area contributed by atoms with Crippen molar-refractivity contribution in [1.82, 2.24) is 15.1 Å².